The Hall–Kier alpha value is -0.390. The number of nitrogens with one attached hydrogen (secondary N) is 1. The van der Waals surface area contributed by atoms with Gasteiger partial charge in [-0.3, -0.25) is 0 Å². The summed E-state index contributed by atoms with van der Waals surface area (Å²) in [7, 11) is -2.88. The SMILES string of the molecule is CCS(=O)(=O)CC(C)NCc1sccc1C. The highest BCUT2D eigenvalue weighted by atomic mass is 32.2. The lowest BCUT2D eigenvalue weighted by Gasteiger charge is -2.13. The Kier molecular flexibility index (Phi) is 4.95. The van der Waals surface area contributed by atoms with Gasteiger partial charge in [0.15, 0.2) is 9.84 Å². The average Bonchev–Trinajstić information content (AvgIpc) is 2.60. The summed E-state index contributed by atoms with van der Waals surface area (Å²) >= 11 is 1.70. The van der Waals surface area contributed by atoms with E-state index in [1.54, 1.807) is 18.3 Å². The number of hydrogen-bond acceptors (Lipinski definition) is 4. The third kappa shape index (κ3) is 4.23. The summed E-state index contributed by atoms with van der Waals surface area (Å²) in [5.74, 6) is 0.435. The predicted octanol–water partition coefficient (Wildman–Crippen LogP) is 1.97. The molecule has 5 heteroatoms. The van der Waals surface area contributed by atoms with E-state index >= 15 is 0 Å². The molecule has 0 aliphatic rings. The van der Waals surface area contributed by atoms with E-state index in [-0.39, 0.29) is 17.5 Å². The van der Waals surface area contributed by atoms with Crippen LogP contribution in [0.1, 0.15) is 24.3 Å². The zero-order valence-electron chi connectivity index (χ0n) is 9.99. The first-order valence-electron chi connectivity index (χ1n) is 5.41. The van der Waals surface area contributed by atoms with E-state index in [4.69, 9.17) is 0 Å². The summed E-state index contributed by atoms with van der Waals surface area (Å²) in [5.41, 5.74) is 1.27. The Bertz CT molecular complexity index is 423. The zero-order chi connectivity index (χ0) is 12.2. The molecular formula is C11H19NO2S2. The van der Waals surface area contributed by atoms with Crippen LogP contribution in [0, 0.1) is 6.92 Å². The highest BCUT2D eigenvalue weighted by molar-refractivity contribution is 7.91. The van der Waals surface area contributed by atoms with Crippen LogP contribution in [0.25, 0.3) is 0 Å². The van der Waals surface area contributed by atoms with Crippen LogP contribution in [0.3, 0.4) is 0 Å². The standard InChI is InChI=1S/C11H19NO2S2/c1-4-16(13,14)8-10(3)12-7-11-9(2)5-6-15-11/h5-6,10,12H,4,7-8H2,1-3H3. The summed E-state index contributed by atoms with van der Waals surface area (Å²) in [4.78, 5) is 1.28. The van der Waals surface area contributed by atoms with Gasteiger partial charge >= 0.3 is 0 Å². The van der Waals surface area contributed by atoms with Gasteiger partial charge in [0.1, 0.15) is 0 Å². The highest BCUT2D eigenvalue weighted by Gasteiger charge is 2.13. The third-order valence-electron chi connectivity index (χ3n) is 2.52. The van der Waals surface area contributed by atoms with Crippen LogP contribution in [0.15, 0.2) is 11.4 Å². The van der Waals surface area contributed by atoms with Crippen molar-refractivity contribution < 1.29 is 8.42 Å². The molecule has 1 atom stereocenters. The number of rotatable bonds is 6. The molecule has 0 aromatic carbocycles. The van der Waals surface area contributed by atoms with E-state index in [1.807, 2.05) is 6.92 Å². The molecule has 0 radical (unpaired) electrons. The molecule has 0 aliphatic heterocycles. The van der Waals surface area contributed by atoms with Gasteiger partial charge in [0.05, 0.1) is 5.75 Å². The second-order valence-electron chi connectivity index (χ2n) is 4.01. The molecular weight excluding hydrogens is 242 g/mol. The van der Waals surface area contributed by atoms with Crippen molar-refractivity contribution in [2.24, 2.45) is 0 Å². The lowest BCUT2D eigenvalue weighted by atomic mass is 10.3. The topological polar surface area (TPSA) is 46.2 Å². The Morgan fingerprint density at radius 2 is 2.19 bits per heavy atom. The predicted molar refractivity (Wildman–Crippen MR) is 69.7 cm³/mol. The lowest BCUT2D eigenvalue weighted by molar-refractivity contribution is 0.558. The fraction of sp³-hybridized carbons (Fsp3) is 0.636. The summed E-state index contributed by atoms with van der Waals surface area (Å²) < 4.78 is 22.8. The molecule has 0 saturated carbocycles. The Balaban J connectivity index is 2.42. The molecule has 0 bridgehead atoms. The van der Waals surface area contributed by atoms with Crippen LogP contribution >= 0.6 is 11.3 Å². The van der Waals surface area contributed by atoms with Crippen molar-refractivity contribution in [1.29, 1.82) is 0 Å². The van der Waals surface area contributed by atoms with Crippen molar-refractivity contribution in [2.75, 3.05) is 11.5 Å². The van der Waals surface area contributed by atoms with Crippen molar-refractivity contribution in [3.8, 4) is 0 Å². The number of thiophene rings is 1. The monoisotopic (exact) mass is 261 g/mol. The van der Waals surface area contributed by atoms with Gasteiger partial charge in [-0.1, -0.05) is 6.92 Å². The van der Waals surface area contributed by atoms with Crippen LogP contribution in [0.2, 0.25) is 0 Å². The van der Waals surface area contributed by atoms with Gasteiger partial charge < -0.3 is 5.32 Å². The molecule has 1 heterocycles. The molecule has 3 nitrogen and oxygen atoms in total. The minimum Gasteiger partial charge on any atom is -0.308 e. The van der Waals surface area contributed by atoms with E-state index < -0.39 is 9.84 Å². The molecule has 0 amide bonds. The number of aryl methyl sites for hydroxylation is 1. The molecule has 92 valence electrons. The maximum atomic E-state index is 11.4. The maximum absolute atomic E-state index is 11.4. The van der Waals surface area contributed by atoms with Gasteiger partial charge in [0, 0.05) is 23.2 Å². The van der Waals surface area contributed by atoms with Crippen molar-refractivity contribution in [3.05, 3.63) is 21.9 Å². The summed E-state index contributed by atoms with van der Waals surface area (Å²) in [5, 5.41) is 5.30. The Morgan fingerprint density at radius 3 is 2.69 bits per heavy atom. The van der Waals surface area contributed by atoms with E-state index in [0.717, 1.165) is 6.54 Å². The molecule has 1 unspecified atom stereocenters. The first kappa shape index (κ1) is 13.7. The normalized spacial score (nSPS) is 13.9. The van der Waals surface area contributed by atoms with Crippen molar-refractivity contribution in [1.82, 2.24) is 5.32 Å². The van der Waals surface area contributed by atoms with E-state index in [0.29, 0.717) is 0 Å². The molecule has 0 saturated heterocycles. The smallest absolute Gasteiger partial charge is 0.151 e. The van der Waals surface area contributed by atoms with Gasteiger partial charge in [-0.05, 0) is 30.9 Å². The van der Waals surface area contributed by atoms with Gasteiger partial charge in [-0.15, -0.1) is 11.3 Å². The zero-order valence-corrected chi connectivity index (χ0v) is 11.6. The molecule has 0 fully saturated rings. The fourth-order valence-corrected chi connectivity index (χ4v) is 3.38. The molecule has 0 spiro atoms. The molecule has 1 aromatic heterocycles. The molecule has 1 rings (SSSR count). The van der Waals surface area contributed by atoms with E-state index in [1.165, 1.54) is 10.4 Å². The van der Waals surface area contributed by atoms with Crippen LogP contribution < -0.4 is 5.32 Å². The van der Waals surface area contributed by atoms with Crippen LogP contribution in [-0.4, -0.2) is 26.0 Å². The molecule has 16 heavy (non-hydrogen) atoms. The van der Waals surface area contributed by atoms with Crippen molar-refractivity contribution in [3.63, 3.8) is 0 Å². The number of hydrogen-bond donors (Lipinski definition) is 1. The maximum Gasteiger partial charge on any atom is 0.151 e. The van der Waals surface area contributed by atoms with Gasteiger partial charge in [0.2, 0.25) is 0 Å². The van der Waals surface area contributed by atoms with Crippen molar-refractivity contribution >= 4 is 21.2 Å². The van der Waals surface area contributed by atoms with Crippen LogP contribution in [0.5, 0.6) is 0 Å². The minimum atomic E-state index is -2.88. The largest absolute Gasteiger partial charge is 0.308 e. The average molecular weight is 261 g/mol. The summed E-state index contributed by atoms with van der Waals surface area (Å²) in [6, 6.07) is 2.08. The first-order valence-corrected chi connectivity index (χ1v) is 8.11. The fourth-order valence-electron chi connectivity index (χ4n) is 1.41. The van der Waals surface area contributed by atoms with Crippen molar-refractivity contribution in [2.45, 2.75) is 33.4 Å². The molecule has 1 N–H and O–H groups in total. The third-order valence-corrected chi connectivity index (χ3v) is 5.43. The minimum absolute atomic E-state index is 0.00597. The second kappa shape index (κ2) is 5.80. The van der Waals surface area contributed by atoms with Gasteiger partial charge in [0.25, 0.3) is 0 Å². The van der Waals surface area contributed by atoms with Crippen LogP contribution in [0.4, 0.5) is 0 Å². The lowest BCUT2D eigenvalue weighted by Crippen LogP contribution is -2.33. The summed E-state index contributed by atoms with van der Waals surface area (Å²) in [6.45, 7) is 6.42. The Morgan fingerprint density at radius 1 is 1.50 bits per heavy atom. The molecule has 0 aliphatic carbocycles. The summed E-state index contributed by atoms with van der Waals surface area (Å²) in [6.07, 6.45) is 0. The Labute approximate surface area is 102 Å². The van der Waals surface area contributed by atoms with E-state index in [9.17, 15) is 8.42 Å². The van der Waals surface area contributed by atoms with E-state index in [2.05, 4.69) is 23.7 Å². The second-order valence-corrected chi connectivity index (χ2v) is 7.41. The number of sulfone groups is 1. The van der Waals surface area contributed by atoms with Gasteiger partial charge in [-0.2, -0.15) is 0 Å². The van der Waals surface area contributed by atoms with Crippen LogP contribution in [-0.2, 0) is 16.4 Å². The molecule has 1 aromatic rings. The first-order chi connectivity index (χ1) is 7.44. The van der Waals surface area contributed by atoms with Gasteiger partial charge in [-0.25, -0.2) is 8.42 Å². The highest BCUT2D eigenvalue weighted by Crippen LogP contribution is 2.15. The quantitative estimate of drug-likeness (QED) is 0.851.